The molecule has 0 heterocycles. The highest BCUT2D eigenvalue weighted by atomic mass is 79.9. The lowest BCUT2D eigenvalue weighted by molar-refractivity contribution is 0.0695. The maximum absolute atomic E-state index is 13.6. The topological polar surface area (TPSA) is 92.4 Å². The summed E-state index contributed by atoms with van der Waals surface area (Å²) in [4.78, 5) is 23.0. The third-order valence-electron chi connectivity index (χ3n) is 2.69. The molecule has 0 spiro atoms. The summed E-state index contributed by atoms with van der Waals surface area (Å²) in [6, 6.07) is 7.97. The first-order valence-electron chi connectivity index (χ1n) is 5.77. The number of hydrogen-bond donors (Lipinski definition) is 3. The van der Waals surface area contributed by atoms with Crippen molar-refractivity contribution in [2.45, 2.75) is 0 Å². The van der Waals surface area contributed by atoms with Crippen LogP contribution in [0.5, 0.6) is 0 Å². The summed E-state index contributed by atoms with van der Waals surface area (Å²) in [6.45, 7) is 0. The monoisotopic (exact) mass is 352 g/mol. The second kappa shape index (κ2) is 5.92. The third kappa shape index (κ3) is 3.38. The van der Waals surface area contributed by atoms with Gasteiger partial charge in [-0.1, -0.05) is 0 Å². The van der Waals surface area contributed by atoms with Crippen LogP contribution in [-0.2, 0) is 0 Å². The van der Waals surface area contributed by atoms with E-state index in [1.807, 2.05) is 0 Å². The molecule has 21 heavy (non-hydrogen) atoms. The van der Waals surface area contributed by atoms with Crippen LogP contribution in [-0.4, -0.2) is 17.0 Å². The van der Waals surface area contributed by atoms with Crippen LogP contribution in [0.3, 0.4) is 0 Å². The Kier molecular flexibility index (Phi) is 4.23. The number of anilines is 2. The minimum atomic E-state index is -1.14. The van der Waals surface area contributed by atoms with Crippen molar-refractivity contribution in [3.8, 4) is 0 Å². The second-order valence-electron chi connectivity index (χ2n) is 4.19. The molecule has 0 fully saturated rings. The lowest BCUT2D eigenvalue weighted by Gasteiger charge is -2.08. The van der Waals surface area contributed by atoms with Gasteiger partial charge in [0.1, 0.15) is 5.82 Å². The number of aromatic carboxylic acids is 1. The molecular weight excluding hydrogens is 343 g/mol. The number of nitrogen functional groups attached to an aromatic ring is 1. The Labute approximate surface area is 127 Å². The molecule has 0 aliphatic heterocycles. The van der Waals surface area contributed by atoms with Gasteiger partial charge in [-0.3, -0.25) is 4.79 Å². The minimum absolute atomic E-state index is 0.00872. The van der Waals surface area contributed by atoms with Crippen molar-refractivity contribution in [2.24, 2.45) is 0 Å². The molecule has 108 valence electrons. The summed E-state index contributed by atoms with van der Waals surface area (Å²) in [6.07, 6.45) is 0. The summed E-state index contributed by atoms with van der Waals surface area (Å²) < 4.78 is 14.0. The summed E-state index contributed by atoms with van der Waals surface area (Å²) in [7, 11) is 0. The first kappa shape index (κ1) is 15.0. The number of nitrogens with one attached hydrogen (secondary N) is 1. The average Bonchev–Trinajstić information content (AvgIpc) is 2.40. The first-order valence-corrected chi connectivity index (χ1v) is 6.57. The number of carbonyl (C=O) groups is 2. The number of carboxylic acid groups (broad SMARTS) is 1. The number of nitrogens with two attached hydrogens (primary N) is 1. The number of amides is 1. The van der Waals surface area contributed by atoms with Crippen molar-refractivity contribution in [1.82, 2.24) is 0 Å². The molecule has 2 aromatic carbocycles. The molecule has 7 heteroatoms. The number of carbonyl (C=O) groups excluding carboxylic acids is 1. The predicted octanol–water partition coefficient (Wildman–Crippen LogP) is 3.12. The van der Waals surface area contributed by atoms with Gasteiger partial charge in [0.2, 0.25) is 0 Å². The molecule has 0 saturated carbocycles. The quantitative estimate of drug-likeness (QED) is 0.740. The van der Waals surface area contributed by atoms with Crippen LogP contribution in [0.15, 0.2) is 40.9 Å². The Morgan fingerprint density at radius 3 is 2.48 bits per heavy atom. The van der Waals surface area contributed by atoms with Crippen LogP contribution in [0.25, 0.3) is 0 Å². The highest BCUT2D eigenvalue weighted by molar-refractivity contribution is 9.10. The van der Waals surface area contributed by atoms with E-state index < -0.39 is 17.7 Å². The van der Waals surface area contributed by atoms with Gasteiger partial charge in [0.05, 0.1) is 11.1 Å². The van der Waals surface area contributed by atoms with E-state index >= 15 is 0 Å². The minimum Gasteiger partial charge on any atom is -0.478 e. The average molecular weight is 353 g/mol. The fourth-order valence-corrected chi connectivity index (χ4v) is 2.10. The SMILES string of the molecule is Nc1ccc(C(=O)Nc2ccc(Br)c(C(=O)O)c2)c(F)c1. The standard InChI is InChI=1S/C14H10BrFN2O3/c15-11-4-2-8(6-10(11)14(20)21)18-13(19)9-3-1-7(17)5-12(9)16/h1-6H,17H2,(H,18,19)(H,20,21). The van der Waals surface area contributed by atoms with Gasteiger partial charge in [-0.05, 0) is 52.3 Å². The predicted molar refractivity (Wildman–Crippen MR) is 79.9 cm³/mol. The molecule has 0 unspecified atom stereocenters. The van der Waals surface area contributed by atoms with Gasteiger partial charge in [0, 0.05) is 15.8 Å². The lowest BCUT2D eigenvalue weighted by Crippen LogP contribution is -2.14. The maximum Gasteiger partial charge on any atom is 0.336 e. The molecule has 1 amide bonds. The van der Waals surface area contributed by atoms with Crippen LogP contribution in [0.1, 0.15) is 20.7 Å². The van der Waals surface area contributed by atoms with Gasteiger partial charge >= 0.3 is 5.97 Å². The van der Waals surface area contributed by atoms with Crippen molar-refractivity contribution >= 4 is 39.2 Å². The Hall–Kier alpha value is -2.41. The van der Waals surface area contributed by atoms with Crippen molar-refractivity contribution in [3.05, 3.63) is 57.8 Å². The van der Waals surface area contributed by atoms with E-state index in [1.54, 1.807) is 0 Å². The Balaban J connectivity index is 2.27. The zero-order valence-corrected chi connectivity index (χ0v) is 12.1. The van der Waals surface area contributed by atoms with E-state index in [0.29, 0.717) is 4.47 Å². The summed E-state index contributed by atoms with van der Waals surface area (Å²) in [5.41, 5.74) is 5.68. The summed E-state index contributed by atoms with van der Waals surface area (Å²) in [5, 5.41) is 11.4. The Morgan fingerprint density at radius 1 is 1.14 bits per heavy atom. The summed E-state index contributed by atoms with van der Waals surface area (Å²) >= 11 is 3.09. The fourth-order valence-electron chi connectivity index (χ4n) is 1.68. The van der Waals surface area contributed by atoms with E-state index in [1.165, 1.54) is 30.3 Å². The molecule has 5 nitrogen and oxygen atoms in total. The molecule has 0 aliphatic carbocycles. The van der Waals surface area contributed by atoms with Crippen LogP contribution >= 0.6 is 15.9 Å². The third-order valence-corrected chi connectivity index (χ3v) is 3.38. The van der Waals surface area contributed by atoms with Crippen LogP contribution in [0, 0.1) is 5.82 Å². The van der Waals surface area contributed by atoms with Crippen molar-refractivity contribution in [1.29, 1.82) is 0 Å². The van der Waals surface area contributed by atoms with Crippen molar-refractivity contribution in [3.63, 3.8) is 0 Å². The number of carboxylic acids is 1. The van der Waals surface area contributed by atoms with E-state index in [0.717, 1.165) is 6.07 Å². The number of benzene rings is 2. The van der Waals surface area contributed by atoms with E-state index in [2.05, 4.69) is 21.2 Å². The largest absolute Gasteiger partial charge is 0.478 e. The number of halogens is 2. The second-order valence-corrected chi connectivity index (χ2v) is 5.05. The molecule has 0 aromatic heterocycles. The maximum atomic E-state index is 13.6. The van der Waals surface area contributed by atoms with Crippen LogP contribution in [0.2, 0.25) is 0 Å². The highest BCUT2D eigenvalue weighted by Crippen LogP contribution is 2.22. The molecule has 0 saturated heterocycles. The van der Waals surface area contributed by atoms with Crippen LogP contribution in [0.4, 0.5) is 15.8 Å². The normalized spacial score (nSPS) is 10.2. The van der Waals surface area contributed by atoms with Gasteiger partial charge in [-0.25, -0.2) is 9.18 Å². The lowest BCUT2D eigenvalue weighted by atomic mass is 10.1. The Bertz CT molecular complexity index is 734. The highest BCUT2D eigenvalue weighted by Gasteiger charge is 2.14. The van der Waals surface area contributed by atoms with E-state index in [-0.39, 0.29) is 22.5 Å². The first-order chi connectivity index (χ1) is 9.88. The molecule has 0 radical (unpaired) electrons. The molecule has 0 bridgehead atoms. The molecule has 0 atom stereocenters. The zero-order chi connectivity index (χ0) is 15.6. The van der Waals surface area contributed by atoms with Gasteiger partial charge < -0.3 is 16.2 Å². The van der Waals surface area contributed by atoms with Gasteiger partial charge in [-0.2, -0.15) is 0 Å². The molecule has 2 aromatic rings. The van der Waals surface area contributed by atoms with Crippen LogP contribution < -0.4 is 11.1 Å². The molecule has 0 aliphatic rings. The van der Waals surface area contributed by atoms with Gasteiger partial charge in [0.25, 0.3) is 5.91 Å². The van der Waals surface area contributed by atoms with Gasteiger partial charge in [0.15, 0.2) is 0 Å². The van der Waals surface area contributed by atoms with E-state index in [4.69, 9.17) is 10.8 Å². The van der Waals surface area contributed by atoms with E-state index in [9.17, 15) is 14.0 Å². The van der Waals surface area contributed by atoms with Crippen molar-refractivity contribution in [2.75, 3.05) is 11.1 Å². The zero-order valence-electron chi connectivity index (χ0n) is 10.6. The Morgan fingerprint density at radius 2 is 1.86 bits per heavy atom. The smallest absolute Gasteiger partial charge is 0.336 e. The van der Waals surface area contributed by atoms with Crippen molar-refractivity contribution < 1.29 is 19.1 Å². The fraction of sp³-hybridized carbons (Fsp3) is 0. The number of hydrogen-bond acceptors (Lipinski definition) is 3. The van der Waals surface area contributed by atoms with Gasteiger partial charge in [-0.15, -0.1) is 0 Å². The molecule has 4 N–H and O–H groups in total. The number of rotatable bonds is 3. The molecular formula is C14H10BrFN2O3. The molecule has 2 rings (SSSR count). The summed E-state index contributed by atoms with van der Waals surface area (Å²) in [5.74, 6) is -2.58.